The van der Waals surface area contributed by atoms with Gasteiger partial charge in [0.25, 0.3) is 5.91 Å². The molecule has 5 heteroatoms. The highest BCUT2D eigenvalue weighted by Gasteiger charge is 2.12. The second kappa shape index (κ2) is 7.04. The van der Waals surface area contributed by atoms with Crippen molar-refractivity contribution in [2.45, 2.75) is 6.92 Å². The van der Waals surface area contributed by atoms with Crippen molar-refractivity contribution in [1.82, 2.24) is 0 Å². The van der Waals surface area contributed by atoms with E-state index in [1.54, 1.807) is 30.3 Å². The number of carbonyl (C=O) groups excluding carboxylic acids is 2. The molecule has 2 rings (SSSR count). The Kier molecular flexibility index (Phi) is 5.11. The van der Waals surface area contributed by atoms with E-state index in [-0.39, 0.29) is 12.5 Å². The Bertz CT molecular complexity index is 670. The van der Waals surface area contributed by atoms with Gasteiger partial charge in [0.15, 0.2) is 6.61 Å². The van der Waals surface area contributed by atoms with E-state index >= 15 is 0 Å². The zero-order chi connectivity index (χ0) is 15.2. The average Bonchev–Trinajstić information content (AvgIpc) is 2.45. The van der Waals surface area contributed by atoms with Crippen molar-refractivity contribution in [3.8, 4) is 0 Å². The van der Waals surface area contributed by atoms with Crippen LogP contribution in [0.1, 0.15) is 15.9 Å². The lowest BCUT2D eigenvalue weighted by molar-refractivity contribution is -0.119. The van der Waals surface area contributed by atoms with Gasteiger partial charge in [0.05, 0.1) is 5.56 Å². The first-order valence-electron chi connectivity index (χ1n) is 6.34. The molecule has 0 spiro atoms. The Balaban J connectivity index is 1.90. The lowest BCUT2D eigenvalue weighted by Gasteiger charge is -2.08. The summed E-state index contributed by atoms with van der Waals surface area (Å²) >= 11 is 3.32. The number of rotatable bonds is 4. The van der Waals surface area contributed by atoms with Crippen LogP contribution in [-0.2, 0) is 9.53 Å². The summed E-state index contributed by atoms with van der Waals surface area (Å²) in [6, 6.07) is 14.3. The summed E-state index contributed by atoms with van der Waals surface area (Å²) in [6.07, 6.45) is 0. The molecule has 1 amide bonds. The molecule has 0 saturated carbocycles. The molecular formula is C16H14BrNO3. The van der Waals surface area contributed by atoms with Crippen LogP contribution in [0.2, 0.25) is 0 Å². The molecule has 0 aromatic heterocycles. The molecule has 0 bridgehead atoms. The van der Waals surface area contributed by atoms with Gasteiger partial charge in [-0.25, -0.2) is 4.79 Å². The molecule has 0 aliphatic carbocycles. The largest absolute Gasteiger partial charge is 0.452 e. The van der Waals surface area contributed by atoms with E-state index in [0.717, 1.165) is 10.0 Å². The van der Waals surface area contributed by atoms with Crippen molar-refractivity contribution in [1.29, 1.82) is 0 Å². The monoisotopic (exact) mass is 347 g/mol. The minimum atomic E-state index is -0.502. The highest BCUT2D eigenvalue weighted by molar-refractivity contribution is 9.10. The second-order valence-electron chi connectivity index (χ2n) is 4.45. The van der Waals surface area contributed by atoms with Crippen LogP contribution in [0.5, 0.6) is 0 Å². The van der Waals surface area contributed by atoms with Gasteiger partial charge < -0.3 is 10.1 Å². The van der Waals surface area contributed by atoms with Crippen LogP contribution >= 0.6 is 15.9 Å². The van der Waals surface area contributed by atoms with Gasteiger partial charge in [-0.15, -0.1) is 0 Å². The minimum absolute atomic E-state index is 0.320. The molecule has 0 atom stereocenters. The second-order valence-corrected chi connectivity index (χ2v) is 5.37. The number of hydrogen-bond acceptors (Lipinski definition) is 3. The number of carbonyl (C=O) groups is 2. The molecule has 2 aromatic rings. The fraction of sp³-hybridized carbons (Fsp3) is 0.125. The summed E-state index contributed by atoms with van der Waals surface area (Å²) in [6.45, 7) is 1.50. The van der Waals surface area contributed by atoms with Crippen LogP contribution in [0.3, 0.4) is 0 Å². The number of aryl methyl sites for hydroxylation is 1. The van der Waals surface area contributed by atoms with Crippen molar-refractivity contribution < 1.29 is 14.3 Å². The maximum Gasteiger partial charge on any atom is 0.338 e. The SMILES string of the molecule is Cc1ccccc1C(=O)OCC(=O)Nc1cccc(Br)c1. The van der Waals surface area contributed by atoms with E-state index in [4.69, 9.17) is 4.74 Å². The summed E-state index contributed by atoms with van der Waals surface area (Å²) < 4.78 is 5.87. The van der Waals surface area contributed by atoms with Gasteiger partial charge in [-0.1, -0.05) is 40.2 Å². The highest BCUT2D eigenvalue weighted by Crippen LogP contribution is 2.15. The van der Waals surface area contributed by atoms with Crippen LogP contribution in [0.15, 0.2) is 53.0 Å². The zero-order valence-electron chi connectivity index (χ0n) is 11.4. The maximum atomic E-state index is 11.9. The van der Waals surface area contributed by atoms with E-state index in [2.05, 4.69) is 21.2 Å². The molecule has 0 aliphatic heterocycles. The maximum absolute atomic E-state index is 11.9. The van der Waals surface area contributed by atoms with Gasteiger partial charge in [-0.05, 0) is 36.8 Å². The number of anilines is 1. The van der Waals surface area contributed by atoms with E-state index < -0.39 is 5.97 Å². The van der Waals surface area contributed by atoms with Crippen LogP contribution in [-0.4, -0.2) is 18.5 Å². The normalized spacial score (nSPS) is 10.0. The Morgan fingerprint density at radius 2 is 1.90 bits per heavy atom. The van der Waals surface area contributed by atoms with E-state index in [9.17, 15) is 9.59 Å². The molecule has 21 heavy (non-hydrogen) atoms. The number of esters is 1. The average molecular weight is 348 g/mol. The lowest BCUT2D eigenvalue weighted by Crippen LogP contribution is -2.21. The van der Waals surface area contributed by atoms with E-state index in [0.29, 0.717) is 11.3 Å². The van der Waals surface area contributed by atoms with Crippen molar-refractivity contribution in [2.24, 2.45) is 0 Å². The molecule has 0 fully saturated rings. The van der Waals surface area contributed by atoms with Crippen LogP contribution < -0.4 is 5.32 Å². The van der Waals surface area contributed by atoms with Crippen LogP contribution in [0, 0.1) is 6.92 Å². The molecule has 108 valence electrons. The van der Waals surface area contributed by atoms with Crippen molar-refractivity contribution in [3.63, 3.8) is 0 Å². The highest BCUT2D eigenvalue weighted by atomic mass is 79.9. The summed E-state index contributed by atoms with van der Waals surface area (Å²) in [7, 11) is 0. The van der Waals surface area contributed by atoms with Crippen molar-refractivity contribution >= 4 is 33.5 Å². The van der Waals surface area contributed by atoms with E-state index in [1.807, 2.05) is 25.1 Å². The van der Waals surface area contributed by atoms with Crippen LogP contribution in [0.4, 0.5) is 5.69 Å². The number of hydrogen-bond donors (Lipinski definition) is 1. The first-order chi connectivity index (χ1) is 10.1. The topological polar surface area (TPSA) is 55.4 Å². The molecule has 0 radical (unpaired) electrons. The van der Waals surface area contributed by atoms with Crippen LogP contribution in [0.25, 0.3) is 0 Å². The number of halogens is 1. The molecule has 2 aromatic carbocycles. The zero-order valence-corrected chi connectivity index (χ0v) is 13.0. The summed E-state index contributed by atoms with van der Waals surface area (Å²) in [5.74, 6) is -0.882. The Labute approximate surface area is 131 Å². The number of ether oxygens (including phenoxy) is 1. The summed E-state index contributed by atoms with van der Waals surface area (Å²) in [4.78, 5) is 23.6. The third-order valence-electron chi connectivity index (χ3n) is 2.81. The lowest BCUT2D eigenvalue weighted by atomic mass is 10.1. The van der Waals surface area contributed by atoms with Gasteiger partial charge in [0.2, 0.25) is 0 Å². The third kappa shape index (κ3) is 4.43. The molecule has 0 heterocycles. The Hall–Kier alpha value is -2.14. The molecular weight excluding hydrogens is 334 g/mol. The molecule has 0 unspecified atom stereocenters. The van der Waals surface area contributed by atoms with Gasteiger partial charge >= 0.3 is 5.97 Å². The fourth-order valence-electron chi connectivity index (χ4n) is 1.77. The van der Waals surface area contributed by atoms with Gasteiger partial charge in [0, 0.05) is 10.2 Å². The number of amides is 1. The molecule has 0 aliphatic rings. The quantitative estimate of drug-likeness (QED) is 0.860. The van der Waals surface area contributed by atoms with Gasteiger partial charge in [0.1, 0.15) is 0 Å². The molecule has 0 saturated heterocycles. The standard InChI is InChI=1S/C16H14BrNO3/c1-11-5-2-3-8-14(11)16(20)21-10-15(19)18-13-7-4-6-12(17)9-13/h2-9H,10H2,1H3,(H,18,19). The summed E-state index contributed by atoms with van der Waals surface area (Å²) in [5.41, 5.74) is 1.92. The first-order valence-corrected chi connectivity index (χ1v) is 7.14. The van der Waals surface area contributed by atoms with Crippen molar-refractivity contribution in [3.05, 3.63) is 64.1 Å². The molecule has 1 N–H and O–H groups in total. The van der Waals surface area contributed by atoms with Crippen molar-refractivity contribution in [2.75, 3.05) is 11.9 Å². The number of nitrogens with one attached hydrogen (secondary N) is 1. The van der Waals surface area contributed by atoms with Gasteiger partial charge in [-0.3, -0.25) is 4.79 Å². The number of benzene rings is 2. The Morgan fingerprint density at radius 1 is 1.14 bits per heavy atom. The Morgan fingerprint density at radius 3 is 2.62 bits per heavy atom. The third-order valence-corrected chi connectivity index (χ3v) is 3.30. The predicted octanol–water partition coefficient (Wildman–Crippen LogP) is 3.55. The predicted molar refractivity (Wildman–Crippen MR) is 84.2 cm³/mol. The minimum Gasteiger partial charge on any atom is -0.452 e. The smallest absolute Gasteiger partial charge is 0.338 e. The summed E-state index contributed by atoms with van der Waals surface area (Å²) in [5, 5.41) is 2.66. The first kappa shape index (κ1) is 15.3. The fourth-order valence-corrected chi connectivity index (χ4v) is 2.17. The van der Waals surface area contributed by atoms with Gasteiger partial charge in [-0.2, -0.15) is 0 Å². The molecule has 4 nitrogen and oxygen atoms in total. The van der Waals surface area contributed by atoms with E-state index in [1.165, 1.54) is 0 Å².